The van der Waals surface area contributed by atoms with Crippen LogP contribution in [0.15, 0.2) is 85.2 Å². The van der Waals surface area contributed by atoms with Crippen molar-refractivity contribution in [3.8, 4) is 22.8 Å². The highest BCUT2D eigenvalue weighted by atomic mass is 19.4. The summed E-state index contributed by atoms with van der Waals surface area (Å²) >= 11 is 0. The van der Waals surface area contributed by atoms with Gasteiger partial charge >= 0.3 is 12.3 Å². The van der Waals surface area contributed by atoms with E-state index in [1.54, 1.807) is 24.3 Å². The van der Waals surface area contributed by atoms with Gasteiger partial charge in [-0.2, -0.15) is 0 Å². The van der Waals surface area contributed by atoms with Gasteiger partial charge in [0.15, 0.2) is 5.82 Å². The highest BCUT2D eigenvalue weighted by Gasteiger charge is 2.31. The van der Waals surface area contributed by atoms with Gasteiger partial charge < -0.3 is 9.47 Å². The summed E-state index contributed by atoms with van der Waals surface area (Å²) in [6.07, 6.45) is -3.14. The van der Waals surface area contributed by atoms with Crippen LogP contribution < -0.4 is 4.74 Å². The standard InChI is InChI=1S/C24H18F3N3O3/c25-24(26,27)33-21-12-10-20(11-13-21)30-16-28-23(29-30)19-8-6-17(7-9-19)14-22(31)32-15-18-4-2-1-3-5-18/h1-13,16H,14-15H2. The van der Waals surface area contributed by atoms with E-state index in [2.05, 4.69) is 14.8 Å². The second-order valence-electron chi connectivity index (χ2n) is 7.07. The Morgan fingerprint density at radius 1 is 0.879 bits per heavy atom. The first kappa shape index (κ1) is 22.1. The van der Waals surface area contributed by atoms with Crippen LogP contribution in [0.3, 0.4) is 0 Å². The molecule has 0 amide bonds. The van der Waals surface area contributed by atoms with Crippen LogP contribution in [0.2, 0.25) is 0 Å². The molecular formula is C24H18F3N3O3. The molecule has 0 unspecified atom stereocenters. The molecule has 0 aliphatic carbocycles. The van der Waals surface area contributed by atoms with E-state index in [4.69, 9.17) is 4.74 Å². The molecule has 6 nitrogen and oxygen atoms in total. The van der Waals surface area contributed by atoms with Gasteiger partial charge in [0.25, 0.3) is 0 Å². The molecule has 0 N–H and O–H groups in total. The first-order valence-corrected chi connectivity index (χ1v) is 9.92. The van der Waals surface area contributed by atoms with Crippen molar-refractivity contribution in [2.75, 3.05) is 0 Å². The number of esters is 1. The molecule has 0 saturated carbocycles. The fraction of sp³-hybridized carbons (Fsp3) is 0.125. The summed E-state index contributed by atoms with van der Waals surface area (Å²) < 4.78 is 47.5. The summed E-state index contributed by atoms with van der Waals surface area (Å²) in [4.78, 5) is 16.3. The van der Waals surface area contributed by atoms with Gasteiger partial charge in [-0.3, -0.25) is 4.79 Å². The number of hydrogen-bond acceptors (Lipinski definition) is 5. The Bertz CT molecular complexity index is 1210. The van der Waals surface area contributed by atoms with E-state index in [0.29, 0.717) is 11.5 Å². The highest BCUT2D eigenvalue weighted by molar-refractivity contribution is 5.73. The minimum absolute atomic E-state index is 0.140. The maximum Gasteiger partial charge on any atom is 0.573 e. The van der Waals surface area contributed by atoms with Crippen LogP contribution in [0.5, 0.6) is 5.75 Å². The van der Waals surface area contributed by atoms with Crippen LogP contribution in [0.1, 0.15) is 11.1 Å². The van der Waals surface area contributed by atoms with Gasteiger partial charge in [0.2, 0.25) is 0 Å². The van der Waals surface area contributed by atoms with E-state index >= 15 is 0 Å². The Hall–Kier alpha value is -4.14. The minimum atomic E-state index is -4.74. The topological polar surface area (TPSA) is 66.2 Å². The number of rotatable bonds is 7. The molecule has 0 radical (unpaired) electrons. The normalized spacial score (nSPS) is 11.2. The van der Waals surface area contributed by atoms with Gasteiger partial charge in [0.1, 0.15) is 18.7 Å². The molecule has 0 bridgehead atoms. The lowest BCUT2D eigenvalue weighted by Crippen LogP contribution is -2.17. The Balaban J connectivity index is 1.36. The van der Waals surface area contributed by atoms with E-state index in [0.717, 1.165) is 16.7 Å². The molecule has 33 heavy (non-hydrogen) atoms. The van der Waals surface area contributed by atoms with Crippen molar-refractivity contribution in [3.05, 3.63) is 96.3 Å². The Kier molecular flexibility index (Phi) is 6.39. The Morgan fingerprint density at radius 2 is 1.58 bits per heavy atom. The lowest BCUT2D eigenvalue weighted by Gasteiger charge is -2.09. The van der Waals surface area contributed by atoms with Crippen molar-refractivity contribution < 1.29 is 27.4 Å². The smallest absolute Gasteiger partial charge is 0.461 e. The van der Waals surface area contributed by atoms with Gasteiger partial charge in [-0.15, -0.1) is 18.3 Å². The van der Waals surface area contributed by atoms with Crippen LogP contribution in [0, 0.1) is 0 Å². The summed E-state index contributed by atoms with van der Waals surface area (Å²) in [5.74, 6) is -0.208. The summed E-state index contributed by atoms with van der Waals surface area (Å²) in [5.41, 5.74) is 2.97. The lowest BCUT2D eigenvalue weighted by atomic mass is 10.1. The number of nitrogens with zero attached hydrogens (tertiary/aromatic N) is 3. The second kappa shape index (κ2) is 9.56. The number of hydrogen-bond donors (Lipinski definition) is 0. The highest BCUT2D eigenvalue weighted by Crippen LogP contribution is 2.24. The molecule has 3 aromatic carbocycles. The molecule has 0 fully saturated rings. The maximum atomic E-state index is 12.3. The van der Waals surface area contributed by atoms with Gasteiger partial charge in [-0.05, 0) is 35.4 Å². The largest absolute Gasteiger partial charge is 0.573 e. The number of alkyl halides is 3. The van der Waals surface area contributed by atoms with Crippen molar-refractivity contribution in [1.82, 2.24) is 14.8 Å². The van der Waals surface area contributed by atoms with Crippen LogP contribution in [0.25, 0.3) is 17.1 Å². The third-order valence-electron chi connectivity index (χ3n) is 4.63. The summed E-state index contributed by atoms with van der Waals surface area (Å²) in [6.45, 7) is 0.225. The quantitative estimate of drug-likeness (QED) is 0.364. The van der Waals surface area contributed by atoms with Crippen molar-refractivity contribution in [3.63, 3.8) is 0 Å². The van der Waals surface area contributed by atoms with Crippen LogP contribution >= 0.6 is 0 Å². The predicted molar refractivity (Wildman–Crippen MR) is 113 cm³/mol. The summed E-state index contributed by atoms with van der Waals surface area (Å²) in [5, 5.41) is 4.36. The van der Waals surface area contributed by atoms with Crippen molar-refractivity contribution >= 4 is 5.97 Å². The molecule has 168 valence electrons. The van der Waals surface area contributed by atoms with Crippen LogP contribution in [-0.2, 0) is 22.6 Å². The van der Waals surface area contributed by atoms with E-state index in [1.165, 1.54) is 35.3 Å². The third kappa shape index (κ3) is 6.19. The van der Waals surface area contributed by atoms with Crippen molar-refractivity contribution in [2.45, 2.75) is 19.4 Å². The molecule has 9 heteroatoms. The molecule has 0 saturated heterocycles. The molecule has 1 heterocycles. The molecular weight excluding hydrogens is 435 g/mol. The Morgan fingerprint density at radius 3 is 2.24 bits per heavy atom. The fourth-order valence-corrected chi connectivity index (χ4v) is 3.05. The average Bonchev–Trinajstić information content (AvgIpc) is 3.29. The van der Waals surface area contributed by atoms with E-state index < -0.39 is 6.36 Å². The maximum absolute atomic E-state index is 12.3. The zero-order chi connectivity index (χ0) is 23.3. The second-order valence-corrected chi connectivity index (χ2v) is 7.07. The first-order chi connectivity index (χ1) is 15.9. The van der Waals surface area contributed by atoms with E-state index in [-0.39, 0.29) is 24.7 Å². The fourth-order valence-electron chi connectivity index (χ4n) is 3.05. The third-order valence-corrected chi connectivity index (χ3v) is 4.63. The lowest BCUT2D eigenvalue weighted by molar-refractivity contribution is -0.274. The molecule has 1 aromatic heterocycles. The zero-order valence-electron chi connectivity index (χ0n) is 17.2. The minimum Gasteiger partial charge on any atom is -0.461 e. The van der Waals surface area contributed by atoms with Gasteiger partial charge in [0.05, 0.1) is 12.1 Å². The molecule has 0 atom stereocenters. The molecule has 0 spiro atoms. The summed E-state index contributed by atoms with van der Waals surface area (Å²) in [7, 11) is 0. The average molecular weight is 453 g/mol. The molecule has 4 rings (SSSR count). The van der Waals surface area contributed by atoms with Gasteiger partial charge in [0, 0.05) is 5.56 Å². The van der Waals surface area contributed by atoms with Gasteiger partial charge in [-0.1, -0.05) is 54.6 Å². The zero-order valence-corrected chi connectivity index (χ0v) is 17.2. The Labute approximate surface area is 187 Å². The van der Waals surface area contributed by atoms with E-state index in [1.807, 2.05) is 30.3 Å². The summed E-state index contributed by atoms with van der Waals surface area (Å²) in [6, 6.07) is 21.9. The van der Waals surface area contributed by atoms with Crippen LogP contribution in [0.4, 0.5) is 13.2 Å². The SMILES string of the molecule is O=C(Cc1ccc(-c2ncn(-c3ccc(OC(F)(F)F)cc3)n2)cc1)OCc1ccccc1. The number of ether oxygens (including phenoxy) is 2. The number of halogens is 3. The van der Waals surface area contributed by atoms with Crippen LogP contribution in [-0.4, -0.2) is 27.1 Å². The number of carbonyl (C=O) groups is 1. The van der Waals surface area contributed by atoms with Crippen molar-refractivity contribution in [1.29, 1.82) is 0 Å². The number of aromatic nitrogens is 3. The van der Waals surface area contributed by atoms with Crippen molar-refractivity contribution in [2.24, 2.45) is 0 Å². The molecule has 0 aliphatic rings. The number of benzene rings is 3. The molecule has 4 aromatic rings. The molecule has 0 aliphatic heterocycles. The van der Waals surface area contributed by atoms with E-state index in [9.17, 15) is 18.0 Å². The predicted octanol–water partition coefficient (Wildman–Crippen LogP) is 5.12. The number of carbonyl (C=O) groups excluding carboxylic acids is 1. The van der Waals surface area contributed by atoms with Gasteiger partial charge in [-0.25, -0.2) is 9.67 Å². The first-order valence-electron chi connectivity index (χ1n) is 9.92. The monoisotopic (exact) mass is 453 g/mol.